The van der Waals surface area contributed by atoms with Crippen molar-refractivity contribution in [2.24, 2.45) is 5.41 Å². The Labute approximate surface area is 143 Å². The zero-order valence-corrected chi connectivity index (χ0v) is 14.6. The van der Waals surface area contributed by atoms with Crippen LogP contribution in [0.2, 0.25) is 0 Å². The maximum Gasteiger partial charge on any atom is 0.280 e. The molecule has 0 amide bonds. The van der Waals surface area contributed by atoms with Gasteiger partial charge in [0.15, 0.2) is 0 Å². The van der Waals surface area contributed by atoms with E-state index in [9.17, 15) is 4.79 Å². The minimum absolute atomic E-state index is 0.168. The SMILES string of the molecule is Cc1ccccc1CN1CC2(C1)CN(c1cn[nH]c(=O)c1Br)C2. The van der Waals surface area contributed by atoms with Crippen LogP contribution in [0.25, 0.3) is 0 Å². The predicted molar refractivity (Wildman–Crippen MR) is 93.7 cm³/mol. The number of aromatic amines is 1. The van der Waals surface area contributed by atoms with Gasteiger partial charge in [-0.15, -0.1) is 0 Å². The van der Waals surface area contributed by atoms with Gasteiger partial charge in [0.2, 0.25) is 0 Å². The fraction of sp³-hybridized carbons (Fsp3) is 0.412. The molecule has 5 nitrogen and oxygen atoms in total. The summed E-state index contributed by atoms with van der Waals surface area (Å²) >= 11 is 3.36. The lowest BCUT2D eigenvalue weighted by Gasteiger charge is -2.61. The summed E-state index contributed by atoms with van der Waals surface area (Å²) < 4.78 is 0.582. The molecule has 2 saturated heterocycles. The van der Waals surface area contributed by atoms with Crippen molar-refractivity contribution in [3.05, 3.63) is 56.4 Å². The normalized spacial score (nSPS) is 19.5. The third-order valence-corrected chi connectivity index (χ3v) is 5.71. The molecule has 1 spiro atoms. The van der Waals surface area contributed by atoms with Gasteiger partial charge < -0.3 is 4.90 Å². The molecule has 1 N–H and O–H groups in total. The third kappa shape index (κ3) is 2.60. The molecule has 6 heteroatoms. The lowest BCUT2D eigenvalue weighted by Crippen LogP contribution is -2.72. The molecule has 4 rings (SSSR count). The highest BCUT2D eigenvalue weighted by Crippen LogP contribution is 2.43. The van der Waals surface area contributed by atoms with Crippen molar-refractivity contribution in [2.45, 2.75) is 13.5 Å². The second-order valence-electron chi connectivity index (χ2n) is 6.83. The smallest absolute Gasteiger partial charge is 0.280 e. The largest absolute Gasteiger partial charge is 0.368 e. The van der Waals surface area contributed by atoms with Gasteiger partial charge in [-0.05, 0) is 34.0 Å². The third-order valence-electron chi connectivity index (χ3n) is 4.94. The maximum atomic E-state index is 11.6. The number of likely N-dealkylation sites (tertiary alicyclic amines) is 1. The first-order valence-electron chi connectivity index (χ1n) is 7.81. The van der Waals surface area contributed by atoms with E-state index in [-0.39, 0.29) is 5.56 Å². The van der Waals surface area contributed by atoms with Crippen LogP contribution < -0.4 is 10.5 Å². The maximum absolute atomic E-state index is 11.6. The van der Waals surface area contributed by atoms with Gasteiger partial charge in [0.05, 0.1) is 11.9 Å². The van der Waals surface area contributed by atoms with E-state index >= 15 is 0 Å². The van der Waals surface area contributed by atoms with Crippen LogP contribution in [0, 0.1) is 12.3 Å². The summed E-state index contributed by atoms with van der Waals surface area (Å²) in [5.41, 5.74) is 3.90. The Morgan fingerprint density at radius 2 is 2.00 bits per heavy atom. The number of aryl methyl sites for hydroxylation is 1. The molecule has 120 valence electrons. The van der Waals surface area contributed by atoms with Crippen LogP contribution in [0.15, 0.2) is 39.7 Å². The van der Waals surface area contributed by atoms with Crippen molar-refractivity contribution in [3.63, 3.8) is 0 Å². The lowest BCUT2D eigenvalue weighted by atomic mass is 9.72. The Morgan fingerprint density at radius 1 is 1.26 bits per heavy atom. The number of hydrogen-bond donors (Lipinski definition) is 1. The van der Waals surface area contributed by atoms with Crippen molar-refractivity contribution in [2.75, 3.05) is 31.1 Å². The highest BCUT2D eigenvalue weighted by atomic mass is 79.9. The van der Waals surface area contributed by atoms with E-state index < -0.39 is 0 Å². The highest BCUT2D eigenvalue weighted by Gasteiger charge is 2.51. The van der Waals surface area contributed by atoms with E-state index in [2.05, 4.69) is 67.1 Å². The highest BCUT2D eigenvalue weighted by molar-refractivity contribution is 9.10. The van der Waals surface area contributed by atoms with Crippen LogP contribution in [-0.2, 0) is 6.54 Å². The van der Waals surface area contributed by atoms with Crippen LogP contribution in [0.3, 0.4) is 0 Å². The fourth-order valence-electron chi connectivity index (χ4n) is 3.77. The minimum Gasteiger partial charge on any atom is -0.368 e. The molecule has 0 unspecified atom stereocenters. The zero-order chi connectivity index (χ0) is 16.0. The molecule has 1 aromatic heterocycles. The fourth-order valence-corrected chi connectivity index (χ4v) is 4.21. The molecule has 2 fully saturated rings. The molecule has 23 heavy (non-hydrogen) atoms. The summed E-state index contributed by atoms with van der Waals surface area (Å²) in [5, 5.41) is 6.34. The summed E-state index contributed by atoms with van der Waals surface area (Å²) in [5.74, 6) is 0. The predicted octanol–water partition coefficient (Wildman–Crippen LogP) is 2.16. The Hall–Kier alpha value is -1.66. The van der Waals surface area contributed by atoms with Gasteiger partial charge in [-0.1, -0.05) is 24.3 Å². The van der Waals surface area contributed by atoms with Gasteiger partial charge in [0.25, 0.3) is 5.56 Å². The van der Waals surface area contributed by atoms with Crippen LogP contribution in [0.5, 0.6) is 0 Å². The number of H-pyrrole nitrogens is 1. The van der Waals surface area contributed by atoms with Crippen molar-refractivity contribution in [1.29, 1.82) is 0 Å². The number of benzene rings is 1. The summed E-state index contributed by atoms with van der Waals surface area (Å²) in [6.07, 6.45) is 1.72. The Kier molecular flexibility index (Phi) is 3.54. The number of halogens is 1. The van der Waals surface area contributed by atoms with Crippen LogP contribution in [-0.4, -0.2) is 41.3 Å². The van der Waals surface area contributed by atoms with E-state index in [1.165, 1.54) is 11.1 Å². The van der Waals surface area contributed by atoms with E-state index in [1.54, 1.807) is 6.20 Å². The Morgan fingerprint density at radius 3 is 2.74 bits per heavy atom. The van der Waals surface area contributed by atoms with Crippen molar-refractivity contribution in [3.8, 4) is 0 Å². The number of nitrogens with zero attached hydrogens (tertiary/aromatic N) is 3. The van der Waals surface area contributed by atoms with E-state index in [0.717, 1.165) is 38.4 Å². The number of nitrogens with one attached hydrogen (secondary N) is 1. The van der Waals surface area contributed by atoms with Gasteiger partial charge in [0.1, 0.15) is 4.47 Å². The first-order valence-corrected chi connectivity index (χ1v) is 8.61. The molecule has 2 aliphatic heterocycles. The zero-order valence-electron chi connectivity index (χ0n) is 13.1. The van der Waals surface area contributed by atoms with Crippen LogP contribution in [0.1, 0.15) is 11.1 Å². The average molecular weight is 375 g/mol. The number of aromatic nitrogens is 2. The Bertz CT molecular complexity index is 789. The molecular formula is C17H19BrN4O. The van der Waals surface area contributed by atoms with Gasteiger partial charge in [0, 0.05) is 38.1 Å². The van der Waals surface area contributed by atoms with Crippen molar-refractivity contribution >= 4 is 21.6 Å². The average Bonchev–Trinajstić information content (AvgIpc) is 2.45. The molecule has 0 radical (unpaired) electrons. The van der Waals surface area contributed by atoms with E-state index in [4.69, 9.17) is 0 Å². The second kappa shape index (κ2) is 5.46. The number of anilines is 1. The molecule has 0 saturated carbocycles. The molecular weight excluding hydrogens is 356 g/mol. The first-order chi connectivity index (χ1) is 11.1. The van der Waals surface area contributed by atoms with Crippen LogP contribution >= 0.6 is 15.9 Å². The molecule has 2 aliphatic rings. The summed E-state index contributed by atoms with van der Waals surface area (Å²) in [6.45, 7) is 7.47. The first kappa shape index (κ1) is 14.9. The second-order valence-corrected chi connectivity index (χ2v) is 7.62. The number of rotatable bonds is 3. The lowest BCUT2D eigenvalue weighted by molar-refractivity contribution is -0.0275. The van der Waals surface area contributed by atoms with Gasteiger partial charge in [-0.25, -0.2) is 5.10 Å². The summed E-state index contributed by atoms with van der Waals surface area (Å²) in [4.78, 5) is 16.4. The quantitative estimate of drug-likeness (QED) is 0.894. The molecule has 0 aliphatic carbocycles. The minimum atomic E-state index is -0.168. The standard InChI is InChI=1S/C17H19BrN4O/c1-12-4-2-3-5-13(12)7-21-8-17(9-21)10-22(11-17)14-6-19-20-16(23)15(14)18/h2-6H,7-11H2,1H3,(H,20,23). The number of hydrogen-bond acceptors (Lipinski definition) is 4. The van der Waals surface area contributed by atoms with Gasteiger partial charge in [-0.2, -0.15) is 5.10 Å². The van der Waals surface area contributed by atoms with Crippen molar-refractivity contribution in [1.82, 2.24) is 15.1 Å². The van der Waals surface area contributed by atoms with Crippen molar-refractivity contribution < 1.29 is 0 Å². The van der Waals surface area contributed by atoms with Gasteiger partial charge >= 0.3 is 0 Å². The topological polar surface area (TPSA) is 52.2 Å². The Balaban J connectivity index is 1.36. The van der Waals surface area contributed by atoms with E-state index in [1.807, 2.05) is 0 Å². The molecule has 0 bridgehead atoms. The van der Waals surface area contributed by atoms with Gasteiger partial charge in [-0.3, -0.25) is 9.69 Å². The monoisotopic (exact) mass is 374 g/mol. The molecule has 1 aromatic carbocycles. The summed E-state index contributed by atoms with van der Waals surface area (Å²) in [6, 6.07) is 8.59. The summed E-state index contributed by atoms with van der Waals surface area (Å²) in [7, 11) is 0. The molecule has 0 atom stereocenters. The van der Waals surface area contributed by atoms with E-state index in [0.29, 0.717) is 9.89 Å². The molecule has 2 aromatic rings. The van der Waals surface area contributed by atoms with Crippen LogP contribution in [0.4, 0.5) is 5.69 Å². The molecule has 3 heterocycles.